The first-order chi connectivity index (χ1) is 4.84. The Hall–Kier alpha value is -0.160. The Morgan fingerprint density at radius 1 is 1.60 bits per heavy atom. The van der Waals surface area contributed by atoms with Crippen LogP contribution in [0.2, 0.25) is 0 Å². The van der Waals surface area contributed by atoms with Gasteiger partial charge in [-0.2, -0.15) is 0 Å². The first-order valence-corrected chi connectivity index (χ1v) is 3.45. The van der Waals surface area contributed by atoms with Crippen molar-refractivity contribution in [1.29, 1.82) is 0 Å². The zero-order valence-corrected chi connectivity index (χ0v) is 5.86. The molecule has 0 amide bonds. The highest BCUT2D eigenvalue weighted by atomic mass is 16.5. The van der Waals surface area contributed by atoms with Crippen LogP contribution in [0.5, 0.6) is 0 Å². The van der Waals surface area contributed by atoms with Gasteiger partial charge >= 0.3 is 0 Å². The summed E-state index contributed by atoms with van der Waals surface area (Å²) in [5, 5.41) is 17.7. The van der Waals surface area contributed by atoms with Crippen molar-refractivity contribution in [2.24, 2.45) is 0 Å². The van der Waals surface area contributed by atoms with Crippen LogP contribution in [0, 0.1) is 0 Å². The van der Waals surface area contributed by atoms with Crippen LogP contribution in [0.15, 0.2) is 0 Å². The van der Waals surface area contributed by atoms with Gasteiger partial charge in [-0.15, -0.1) is 0 Å². The second-order valence-electron chi connectivity index (χ2n) is 2.34. The lowest BCUT2D eigenvalue weighted by Gasteiger charge is -2.19. The molecule has 0 aromatic rings. The van der Waals surface area contributed by atoms with Gasteiger partial charge in [-0.3, -0.25) is 4.90 Å². The van der Waals surface area contributed by atoms with Gasteiger partial charge in [0, 0.05) is 19.6 Å². The van der Waals surface area contributed by atoms with Gasteiger partial charge in [0.25, 0.3) is 0 Å². The van der Waals surface area contributed by atoms with Gasteiger partial charge in [0.15, 0.2) is 0 Å². The third kappa shape index (κ3) is 1.91. The lowest BCUT2D eigenvalue weighted by atomic mass is 10.3. The van der Waals surface area contributed by atoms with Gasteiger partial charge in [-0.1, -0.05) is 0 Å². The van der Waals surface area contributed by atoms with E-state index in [0.717, 1.165) is 6.54 Å². The van der Waals surface area contributed by atoms with Crippen molar-refractivity contribution >= 4 is 0 Å². The summed E-state index contributed by atoms with van der Waals surface area (Å²) in [4.78, 5) is 1.79. The number of rotatable bonds is 3. The molecule has 0 aromatic carbocycles. The molecule has 0 saturated carbocycles. The maximum absolute atomic E-state index is 9.23. The van der Waals surface area contributed by atoms with Crippen molar-refractivity contribution in [3.8, 4) is 0 Å². The summed E-state index contributed by atoms with van der Waals surface area (Å²) in [5.41, 5.74) is 0. The molecule has 0 aromatic heterocycles. The van der Waals surface area contributed by atoms with Crippen LogP contribution in [0.3, 0.4) is 0 Å². The van der Waals surface area contributed by atoms with E-state index in [0.29, 0.717) is 19.8 Å². The molecule has 1 aliphatic heterocycles. The van der Waals surface area contributed by atoms with Gasteiger partial charge in [0.1, 0.15) is 13.0 Å². The van der Waals surface area contributed by atoms with E-state index >= 15 is 0 Å². The number of ether oxygens (including phenoxy) is 1. The number of hydrogen-bond donors (Lipinski definition) is 2. The molecular formula is C6H13NO3. The quantitative estimate of drug-likeness (QED) is 0.536. The van der Waals surface area contributed by atoms with Crippen LogP contribution >= 0.6 is 0 Å². The van der Waals surface area contributed by atoms with Gasteiger partial charge < -0.3 is 14.9 Å². The Morgan fingerprint density at radius 2 is 2.40 bits per heavy atom. The fraction of sp³-hybridized carbons (Fsp3) is 1.00. The van der Waals surface area contributed by atoms with E-state index in [4.69, 9.17) is 9.84 Å². The molecule has 1 fully saturated rings. The highest BCUT2D eigenvalue weighted by Gasteiger charge is 2.18. The molecule has 0 radical (unpaired) electrons. The predicted molar refractivity (Wildman–Crippen MR) is 35.2 cm³/mol. The molecule has 0 bridgehead atoms. The fourth-order valence-corrected chi connectivity index (χ4v) is 0.961. The monoisotopic (exact) mass is 147 g/mol. The topological polar surface area (TPSA) is 52.9 Å². The average Bonchev–Trinajstić information content (AvgIpc) is 2.38. The molecule has 4 heteroatoms. The predicted octanol–water partition coefficient (Wildman–Crippen LogP) is -1.02. The minimum atomic E-state index is -0.535. The molecule has 0 aliphatic carbocycles. The molecule has 1 atom stereocenters. The summed E-state index contributed by atoms with van der Waals surface area (Å²) in [5.74, 6) is 0. The molecule has 4 nitrogen and oxygen atoms in total. The van der Waals surface area contributed by atoms with Crippen LogP contribution in [-0.4, -0.2) is 47.8 Å². The standard InChI is InChI=1S/C6H13NO3/c8-3-1-6(9)7-2-4-10-5-7/h6,8-9H,1-5H2. The van der Waals surface area contributed by atoms with Crippen LogP contribution in [0.4, 0.5) is 0 Å². The summed E-state index contributed by atoms with van der Waals surface area (Å²) in [6.45, 7) is 1.96. The number of aliphatic hydroxyl groups is 2. The van der Waals surface area contributed by atoms with E-state index < -0.39 is 6.23 Å². The maximum Gasteiger partial charge on any atom is 0.111 e. The molecule has 1 rings (SSSR count). The molecule has 0 spiro atoms. The minimum absolute atomic E-state index is 0.0255. The van der Waals surface area contributed by atoms with Crippen LogP contribution in [0.25, 0.3) is 0 Å². The van der Waals surface area contributed by atoms with E-state index in [9.17, 15) is 5.11 Å². The Morgan fingerprint density at radius 3 is 2.90 bits per heavy atom. The van der Waals surface area contributed by atoms with Crippen molar-refractivity contribution in [3.05, 3.63) is 0 Å². The summed E-state index contributed by atoms with van der Waals surface area (Å²) >= 11 is 0. The highest BCUT2D eigenvalue weighted by Crippen LogP contribution is 2.05. The number of hydrogen-bond acceptors (Lipinski definition) is 4. The smallest absolute Gasteiger partial charge is 0.111 e. The summed E-state index contributed by atoms with van der Waals surface area (Å²) in [7, 11) is 0. The number of nitrogens with zero attached hydrogens (tertiary/aromatic N) is 1. The van der Waals surface area contributed by atoms with Gasteiger partial charge in [-0.05, 0) is 0 Å². The highest BCUT2D eigenvalue weighted by molar-refractivity contribution is 4.61. The van der Waals surface area contributed by atoms with Crippen molar-refractivity contribution < 1.29 is 14.9 Å². The summed E-state index contributed by atoms with van der Waals surface area (Å²) < 4.78 is 5.01. The second-order valence-corrected chi connectivity index (χ2v) is 2.34. The van der Waals surface area contributed by atoms with Crippen LogP contribution < -0.4 is 0 Å². The van der Waals surface area contributed by atoms with E-state index in [1.807, 2.05) is 0 Å². The van der Waals surface area contributed by atoms with Crippen molar-refractivity contribution in [3.63, 3.8) is 0 Å². The van der Waals surface area contributed by atoms with E-state index in [1.165, 1.54) is 0 Å². The lowest BCUT2D eigenvalue weighted by molar-refractivity contribution is -0.0221. The zero-order chi connectivity index (χ0) is 7.40. The van der Waals surface area contributed by atoms with E-state index in [2.05, 4.69) is 0 Å². The zero-order valence-electron chi connectivity index (χ0n) is 5.86. The lowest BCUT2D eigenvalue weighted by Crippen LogP contribution is -2.33. The van der Waals surface area contributed by atoms with Crippen molar-refractivity contribution in [2.45, 2.75) is 12.6 Å². The second kappa shape index (κ2) is 3.88. The molecule has 1 saturated heterocycles. The fourth-order valence-electron chi connectivity index (χ4n) is 0.961. The largest absolute Gasteiger partial charge is 0.396 e. The first kappa shape index (κ1) is 7.94. The third-order valence-electron chi connectivity index (χ3n) is 1.59. The minimum Gasteiger partial charge on any atom is -0.396 e. The molecule has 1 unspecified atom stereocenters. The normalized spacial score (nSPS) is 23.4. The maximum atomic E-state index is 9.23. The summed E-state index contributed by atoms with van der Waals surface area (Å²) in [6.07, 6.45) is -0.129. The molecule has 60 valence electrons. The van der Waals surface area contributed by atoms with Gasteiger partial charge in [0.2, 0.25) is 0 Å². The summed E-state index contributed by atoms with van der Waals surface area (Å²) in [6, 6.07) is 0. The molecule has 10 heavy (non-hydrogen) atoms. The van der Waals surface area contributed by atoms with Crippen LogP contribution in [0.1, 0.15) is 6.42 Å². The van der Waals surface area contributed by atoms with Gasteiger partial charge in [-0.25, -0.2) is 0 Å². The van der Waals surface area contributed by atoms with E-state index in [-0.39, 0.29) is 6.61 Å². The first-order valence-electron chi connectivity index (χ1n) is 3.45. The molecule has 2 N–H and O–H groups in total. The third-order valence-corrected chi connectivity index (χ3v) is 1.59. The van der Waals surface area contributed by atoms with Crippen molar-refractivity contribution in [1.82, 2.24) is 4.90 Å². The molecular weight excluding hydrogens is 134 g/mol. The Kier molecular flexibility index (Phi) is 3.08. The van der Waals surface area contributed by atoms with Gasteiger partial charge in [0.05, 0.1) is 6.61 Å². The van der Waals surface area contributed by atoms with Crippen LogP contribution in [-0.2, 0) is 4.74 Å². The SMILES string of the molecule is OCCC(O)N1CCOC1. The average molecular weight is 147 g/mol. The Balaban J connectivity index is 2.18. The van der Waals surface area contributed by atoms with E-state index in [1.54, 1.807) is 4.90 Å². The number of aliphatic hydroxyl groups excluding tert-OH is 2. The Bertz CT molecular complexity index is 93.0. The van der Waals surface area contributed by atoms with Crippen molar-refractivity contribution in [2.75, 3.05) is 26.5 Å². The Labute approximate surface area is 60.0 Å². The molecule has 1 aliphatic rings. The molecule has 1 heterocycles.